The van der Waals surface area contributed by atoms with Crippen LogP contribution in [0.25, 0.3) is 0 Å². The Labute approximate surface area is 82.5 Å². The molecule has 13 heavy (non-hydrogen) atoms. The SMILES string of the molecule is COc1ccc(Cl)cc1C(C)CF. The molecule has 72 valence electrons. The highest BCUT2D eigenvalue weighted by molar-refractivity contribution is 6.30. The summed E-state index contributed by atoms with van der Waals surface area (Å²) >= 11 is 5.80. The Morgan fingerprint density at radius 3 is 2.77 bits per heavy atom. The van der Waals surface area contributed by atoms with Crippen LogP contribution in [0.4, 0.5) is 4.39 Å². The maximum absolute atomic E-state index is 12.4. The molecule has 3 heteroatoms. The van der Waals surface area contributed by atoms with Crippen LogP contribution in [0.1, 0.15) is 18.4 Å². The molecule has 0 saturated heterocycles. The number of rotatable bonds is 3. The molecule has 1 aromatic rings. The third kappa shape index (κ3) is 2.34. The lowest BCUT2D eigenvalue weighted by molar-refractivity contribution is 0.393. The van der Waals surface area contributed by atoms with Crippen molar-refractivity contribution in [3.05, 3.63) is 28.8 Å². The van der Waals surface area contributed by atoms with Crippen molar-refractivity contribution >= 4 is 11.6 Å². The third-order valence-electron chi connectivity index (χ3n) is 1.95. The summed E-state index contributed by atoms with van der Waals surface area (Å²) < 4.78 is 17.5. The predicted octanol–water partition coefficient (Wildman–Crippen LogP) is 3.42. The molecule has 0 saturated carbocycles. The Morgan fingerprint density at radius 1 is 1.54 bits per heavy atom. The van der Waals surface area contributed by atoms with Gasteiger partial charge in [0, 0.05) is 16.5 Å². The fourth-order valence-corrected chi connectivity index (χ4v) is 1.35. The van der Waals surface area contributed by atoms with Gasteiger partial charge in [0.1, 0.15) is 5.75 Å². The standard InChI is InChI=1S/C10H12ClFO/c1-7(6-12)9-5-8(11)3-4-10(9)13-2/h3-5,7H,6H2,1-2H3. The first-order valence-electron chi connectivity index (χ1n) is 4.08. The normalized spacial score (nSPS) is 12.6. The number of ether oxygens (including phenoxy) is 1. The van der Waals surface area contributed by atoms with E-state index in [4.69, 9.17) is 16.3 Å². The second kappa shape index (κ2) is 4.47. The molecule has 0 fully saturated rings. The molecular formula is C10H12ClFO. The minimum absolute atomic E-state index is 0.173. The highest BCUT2D eigenvalue weighted by atomic mass is 35.5. The van der Waals surface area contributed by atoms with Gasteiger partial charge in [0.25, 0.3) is 0 Å². The van der Waals surface area contributed by atoms with E-state index in [1.807, 2.05) is 0 Å². The Morgan fingerprint density at radius 2 is 2.23 bits per heavy atom. The van der Waals surface area contributed by atoms with Crippen LogP contribution in [0.5, 0.6) is 5.75 Å². The molecule has 0 aromatic heterocycles. The lowest BCUT2D eigenvalue weighted by Crippen LogP contribution is -1.99. The molecule has 0 amide bonds. The molecule has 0 aliphatic heterocycles. The Hall–Kier alpha value is -0.760. The molecule has 1 aromatic carbocycles. The summed E-state index contributed by atoms with van der Waals surface area (Å²) in [5.41, 5.74) is 0.817. The van der Waals surface area contributed by atoms with Gasteiger partial charge in [-0.25, -0.2) is 0 Å². The molecule has 1 rings (SSSR count). The van der Waals surface area contributed by atoms with E-state index >= 15 is 0 Å². The van der Waals surface area contributed by atoms with Crippen molar-refractivity contribution in [2.75, 3.05) is 13.8 Å². The Bertz CT molecular complexity index is 288. The number of benzene rings is 1. The second-order valence-corrected chi connectivity index (χ2v) is 3.38. The van der Waals surface area contributed by atoms with Crippen molar-refractivity contribution in [2.45, 2.75) is 12.8 Å². The first-order chi connectivity index (χ1) is 6.19. The van der Waals surface area contributed by atoms with E-state index in [0.29, 0.717) is 10.8 Å². The van der Waals surface area contributed by atoms with Gasteiger partial charge in [-0.1, -0.05) is 18.5 Å². The smallest absolute Gasteiger partial charge is 0.122 e. The number of alkyl halides is 1. The van der Waals surface area contributed by atoms with Crippen LogP contribution in [0.15, 0.2) is 18.2 Å². The molecule has 0 radical (unpaired) electrons. The molecule has 0 spiro atoms. The number of methoxy groups -OCH3 is 1. The zero-order chi connectivity index (χ0) is 9.84. The third-order valence-corrected chi connectivity index (χ3v) is 2.19. The average molecular weight is 203 g/mol. The number of hydrogen-bond donors (Lipinski definition) is 0. The van der Waals surface area contributed by atoms with Gasteiger partial charge < -0.3 is 4.74 Å². The summed E-state index contributed by atoms with van der Waals surface area (Å²) in [4.78, 5) is 0. The zero-order valence-electron chi connectivity index (χ0n) is 7.68. The lowest BCUT2D eigenvalue weighted by Gasteiger charge is -2.12. The molecule has 1 unspecified atom stereocenters. The molecular weight excluding hydrogens is 191 g/mol. The van der Waals surface area contributed by atoms with Crippen LogP contribution in [0.2, 0.25) is 5.02 Å². The minimum atomic E-state index is -0.406. The monoisotopic (exact) mass is 202 g/mol. The van der Waals surface area contributed by atoms with Crippen molar-refractivity contribution in [1.82, 2.24) is 0 Å². The molecule has 0 heterocycles. The topological polar surface area (TPSA) is 9.23 Å². The van der Waals surface area contributed by atoms with Crippen LogP contribution in [-0.2, 0) is 0 Å². The van der Waals surface area contributed by atoms with E-state index in [-0.39, 0.29) is 5.92 Å². The van der Waals surface area contributed by atoms with Crippen molar-refractivity contribution < 1.29 is 9.13 Å². The van der Waals surface area contributed by atoms with Gasteiger partial charge >= 0.3 is 0 Å². The number of hydrogen-bond acceptors (Lipinski definition) is 1. The van der Waals surface area contributed by atoms with Crippen molar-refractivity contribution in [3.63, 3.8) is 0 Å². The fraction of sp³-hybridized carbons (Fsp3) is 0.400. The summed E-state index contributed by atoms with van der Waals surface area (Å²) in [6, 6.07) is 5.23. The van der Waals surface area contributed by atoms with Crippen LogP contribution in [0, 0.1) is 0 Å². The van der Waals surface area contributed by atoms with Gasteiger partial charge in [0.2, 0.25) is 0 Å². The maximum atomic E-state index is 12.4. The zero-order valence-corrected chi connectivity index (χ0v) is 8.44. The van der Waals surface area contributed by atoms with Gasteiger partial charge in [0.15, 0.2) is 0 Å². The van der Waals surface area contributed by atoms with Crippen LogP contribution >= 0.6 is 11.6 Å². The minimum Gasteiger partial charge on any atom is -0.496 e. The summed E-state index contributed by atoms with van der Waals surface area (Å²) in [5, 5.41) is 0.608. The van der Waals surface area contributed by atoms with Crippen molar-refractivity contribution in [3.8, 4) is 5.75 Å². The summed E-state index contributed by atoms with van der Waals surface area (Å²) in [7, 11) is 1.57. The highest BCUT2D eigenvalue weighted by Crippen LogP contribution is 2.29. The quantitative estimate of drug-likeness (QED) is 0.730. The summed E-state index contributed by atoms with van der Waals surface area (Å²) in [5.74, 6) is 0.517. The van der Waals surface area contributed by atoms with E-state index < -0.39 is 6.67 Å². The van der Waals surface area contributed by atoms with E-state index in [2.05, 4.69) is 0 Å². The van der Waals surface area contributed by atoms with Crippen LogP contribution < -0.4 is 4.74 Å². The first-order valence-corrected chi connectivity index (χ1v) is 4.46. The van der Waals surface area contributed by atoms with Gasteiger partial charge in [-0.15, -0.1) is 0 Å². The highest BCUT2D eigenvalue weighted by Gasteiger charge is 2.11. The van der Waals surface area contributed by atoms with E-state index in [1.165, 1.54) is 0 Å². The second-order valence-electron chi connectivity index (χ2n) is 2.94. The molecule has 0 bridgehead atoms. The first kappa shape index (κ1) is 10.3. The molecule has 0 aliphatic rings. The summed E-state index contributed by atoms with van der Waals surface area (Å²) in [6.07, 6.45) is 0. The van der Waals surface area contributed by atoms with Crippen molar-refractivity contribution in [1.29, 1.82) is 0 Å². The van der Waals surface area contributed by atoms with E-state index in [9.17, 15) is 4.39 Å². The van der Waals surface area contributed by atoms with Gasteiger partial charge in [0.05, 0.1) is 13.8 Å². The van der Waals surface area contributed by atoms with Gasteiger partial charge in [-0.05, 0) is 18.2 Å². The van der Waals surface area contributed by atoms with Crippen LogP contribution in [-0.4, -0.2) is 13.8 Å². The number of halogens is 2. The van der Waals surface area contributed by atoms with Gasteiger partial charge in [-0.2, -0.15) is 0 Å². The lowest BCUT2D eigenvalue weighted by atomic mass is 10.0. The molecule has 1 nitrogen and oxygen atoms in total. The Balaban J connectivity index is 3.07. The van der Waals surface area contributed by atoms with E-state index in [0.717, 1.165) is 5.56 Å². The van der Waals surface area contributed by atoms with Gasteiger partial charge in [-0.3, -0.25) is 4.39 Å². The van der Waals surface area contributed by atoms with E-state index in [1.54, 1.807) is 32.2 Å². The Kier molecular flexibility index (Phi) is 3.55. The average Bonchev–Trinajstić information content (AvgIpc) is 2.16. The fourth-order valence-electron chi connectivity index (χ4n) is 1.17. The van der Waals surface area contributed by atoms with Crippen molar-refractivity contribution in [2.24, 2.45) is 0 Å². The summed E-state index contributed by atoms with van der Waals surface area (Å²) in [6.45, 7) is 1.39. The predicted molar refractivity (Wildman–Crippen MR) is 52.4 cm³/mol. The largest absolute Gasteiger partial charge is 0.496 e. The molecule has 0 N–H and O–H groups in total. The van der Waals surface area contributed by atoms with Crippen LogP contribution in [0.3, 0.4) is 0 Å². The maximum Gasteiger partial charge on any atom is 0.122 e. The molecule has 1 atom stereocenters. The molecule has 0 aliphatic carbocycles.